The number of aromatic nitrogens is 1. The molecule has 92 valence electrons. The number of nitrogens with one attached hydrogen (secondary N) is 1. The van der Waals surface area contributed by atoms with Crippen molar-refractivity contribution in [2.45, 2.75) is 6.42 Å². The lowest BCUT2D eigenvalue weighted by Crippen LogP contribution is -2.11. The van der Waals surface area contributed by atoms with Crippen LogP contribution >= 0.6 is 11.6 Å². The second-order valence-corrected chi connectivity index (χ2v) is 3.47. The normalized spacial score (nSPS) is 9.76. The van der Waals surface area contributed by atoms with Gasteiger partial charge in [0.25, 0.3) is 0 Å². The van der Waals surface area contributed by atoms with E-state index in [9.17, 15) is 14.9 Å². The first kappa shape index (κ1) is 13.2. The summed E-state index contributed by atoms with van der Waals surface area (Å²) in [5, 5.41) is 13.6. The van der Waals surface area contributed by atoms with Gasteiger partial charge in [0.15, 0.2) is 0 Å². The lowest BCUT2D eigenvalue weighted by molar-refractivity contribution is -0.384. The summed E-state index contributed by atoms with van der Waals surface area (Å²) in [6.07, 6.45) is 1.38. The number of rotatable bonds is 5. The molecule has 0 aliphatic carbocycles. The monoisotopic (exact) mass is 259 g/mol. The minimum atomic E-state index is -0.598. The van der Waals surface area contributed by atoms with Crippen molar-refractivity contribution < 1.29 is 14.5 Å². The number of nitro groups is 1. The summed E-state index contributed by atoms with van der Waals surface area (Å²) in [6, 6.07) is 1.19. The Morgan fingerprint density at radius 2 is 2.41 bits per heavy atom. The highest BCUT2D eigenvalue weighted by Crippen LogP contribution is 2.24. The Bertz CT molecular complexity index is 438. The first-order valence-corrected chi connectivity index (χ1v) is 5.03. The largest absolute Gasteiger partial charge is 0.469 e. The smallest absolute Gasteiger partial charge is 0.312 e. The second kappa shape index (κ2) is 6.00. The quantitative estimate of drug-likeness (QED) is 0.490. The zero-order valence-corrected chi connectivity index (χ0v) is 9.73. The van der Waals surface area contributed by atoms with Gasteiger partial charge in [-0.25, -0.2) is 4.98 Å². The number of anilines is 1. The van der Waals surface area contributed by atoms with Crippen LogP contribution in [0.3, 0.4) is 0 Å². The molecule has 1 aromatic rings. The van der Waals surface area contributed by atoms with E-state index in [1.54, 1.807) is 0 Å². The summed E-state index contributed by atoms with van der Waals surface area (Å²) < 4.78 is 4.43. The zero-order chi connectivity index (χ0) is 12.8. The molecule has 8 heteroatoms. The van der Waals surface area contributed by atoms with E-state index in [1.165, 1.54) is 19.4 Å². The molecule has 1 heterocycles. The first-order valence-electron chi connectivity index (χ1n) is 4.65. The third-order valence-electron chi connectivity index (χ3n) is 1.88. The number of methoxy groups -OCH3 is 1. The maximum atomic E-state index is 10.8. The summed E-state index contributed by atoms with van der Waals surface area (Å²) in [5.74, 6) is -0.336. The fourth-order valence-corrected chi connectivity index (χ4v) is 1.24. The lowest BCUT2D eigenvalue weighted by atomic mass is 10.3. The molecule has 0 fully saturated rings. The summed E-state index contributed by atoms with van der Waals surface area (Å²) in [7, 11) is 1.27. The number of pyridine rings is 1. The predicted octanol–water partition coefficient (Wildman–Crippen LogP) is 1.62. The molecule has 7 nitrogen and oxygen atoms in total. The van der Waals surface area contributed by atoms with Crippen molar-refractivity contribution in [3.63, 3.8) is 0 Å². The number of carbonyl (C=O) groups excluding carboxylic acids is 1. The SMILES string of the molecule is COC(=O)CCNc1ncc(Cl)cc1[N+](=O)[O-]. The summed E-state index contributed by atoms with van der Waals surface area (Å²) in [4.78, 5) is 24.7. The van der Waals surface area contributed by atoms with Crippen LogP contribution in [0.15, 0.2) is 12.3 Å². The molecule has 0 spiro atoms. The lowest BCUT2D eigenvalue weighted by Gasteiger charge is -2.05. The van der Waals surface area contributed by atoms with E-state index in [4.69, 9.17) is 11.6 Å². The van der Waals surface area contributed by atoms with Gasteiger partial charge in [-0.1, -0.05) is 11.6 Å². The topological polar surface area (TPSA) is 94.4 Å². The molecule has 1 N–H and O–H groups in total. The highest BCUT2D eigenvalue weighted by molar-refractivity contribution is 6.30. The van der Waals surface area contributed by atoms with Crippen LogP contribution in [0.25, 0.3) is 0 Å². The van der Waals surface area contributed by atoms with Crippen LogP contribution in [-0.4, -0.2) is 29.5 Å². The van der Waals surface area contributed by atoms with Gasteiger partial charge in [0.05, 0.1) is 23.5 Å². The van der Waals surface area contributed by atoms with Gasteiger partial charge in [0, 0.05) is 18.8 Å². The predicted molar refractivity (Wildman–Crippen MR) is 61.0 cm³/mol. The van der Waals surface area contributed by atoms with Gasteiger partial charge in [-0.05, 0) is 0 Å². The maximum absolute atomic E-state index is 10.8. The fraction of sp³-hybridized carbons (Fsp3) is 0.333. The number of hydrogen-bond acceptors (Lipinski definition) is 6. The third-order valence-corrected chi connectivity index (χ3v) is 2.09. The molecule has 0 aliphatic rings. The first-order chi connectivity index (χ1) is 8.04. The molecule has 0 atom stereocenters. The Morgan fingerprint density at radius 1 is 1.71 bits per heavy atom. The summed E-state index contributed by atoms with van der Waals surface area (Å²) in [5.41, 5.74) is -0.234. The van der Waals surface area contributed by atoms with Crippen molar-refractivity contribution in [2.75, 3.05) is 19.0 Å². The molecule has 0 unspecified atom stereocenters. The van der Waals surface area contributed by atoms with Gasteiger partial charge >= 0.3 is 11.7 Å². The molecular formula is C9H10ClN3O4. The molecule has 0 radical (unpaired) electrons. The van der Waals surface area contributed by atoms with Gasteiger partial charge < -0.3 is 10.1 Å². The fourth-order valence-electron chi connectivity index (χ4n) is 1.09. The van der Waals surface area contributed by atoms with Crippen LogP contribution in [-0.2, 0) is 9.53 Å². The van der Waals surface area contributed by atoms with E-state index in [-0.39, 0.29) is 29.5 Å². The van der Waals surface area contributed by atoms with E-state index in [0.717, 1.165) is 0 Å². The van der Waals surface area contributed by atoms with Crippen LogP contribution in [0.5, 0.6) is 0 Å². The van der Waals surface area contributed by atoms with Crippen LogP contribution < -0.4 is 5.32 Å². The van der Waals surface area contributed by atoms with Gasteiger partial charge in [-0.2, -0.15) is 0 Å². The van der Waals surface area contributed by atoms with Crippen LogP contribution in [0.1, 0.15) is 6.42 Å². The molecule has 0 saturated heterocycles. The van der Waals surface area contributed by atoms with Crippen molar-refractivity contribution in [2.24, 2.45) is 0 Å². The van der Waals surface area contributed by atoms with Crippen molar-refractivity contribution in [3.05, 3.63) is 27.4 Å². The average Bonchev–Trinajstić information content (AvgIpc) is 2.30. The maximum Gasteiger partial charge on any atom is 0.312 e. The number of hydrogen-bond donors (Lipinski definition) is 1. The van der Waals surface area contributed by atoms with E-state index >= 15 is 0 Å². The minimum absolute atomic E-state index is 0.0725. The van der Waals surface area contributed by atoms with Gasteiger partial charge in [0.2, 0.25) is 5.82 Å². The minimum Gasteiger partial charge on any atom is -0.469 e. The number of ether oxygens (including phenoxy) is 1. The Morgan fingerprint density at radius 3 is 3.00 bits per heavy atom. The van der Waals surface area contributed by atoms with Crippen molar-refractivity contribution in [1.29, 1.82) is 0 Å². The van der Waals surface area contributed by atoms with E-state index in [1.807, 2.05) is 0 Å². The van der Waals surface area contributed by atoms with Crippen LogP contribution in [0, 0.1) is 10.1 Å². The van der Waals surface area contributed by atoms with E-state index in [2.05, 4.69) is 15.0 Å². The Balaban J connectivity index is 2.70. The van der Waals surface area contributed by atoms with Gasteiger partial charge in [-0.3, -0.25) is 14.9 Å². The number of esters is 1. The summed E-state index contributed by atoms with van der Waals surface area (Å²) in [6.45, 7) is 0.197. The number of carbonyl (C=O) groups is 1. The highest BCUT2D eigenvalue weighted by atomic mass is 35.5. The molecule has 1 aromatic heterocycles. The Hall–Kier alpha value is -1.89. The van der Waals surface area contributed by atoms with E-state index in [0.29, 0.717) is 0 Å². The van der Waals surface area contributed by atoms with Gasteiger partial charge in [0.1, 0.15) is 0 Å². The number of nitrogens with zero attached hydrogens (tertiary/aromatic N) is 2. The average molecular weight is 260 g/mol. The molecule has 0 aliphatic heterocycles. The number of halogens is 1. The molecule has 0 aromatic carbocycles. The van der Waals surface area contributed by atoms with Gasteiger partial charge in [-0.15, -0.1) is 0 Å². The van der Waals surface area contributed by atoms with Crippen LogP contribution in [0.4, 0.5) is 11.5 Å². The van der Waals surface area contributed by atoms with E-state index < -0.39 is 10.9 Å². The molecule has 0 saturated carbocycles. The molecular weight excluding hydrogens is 250 g/mol. The van der Waals surface area contributed by atoms with Crippen molar-refractivity contribution in [1.82, 2.24) is 4.98 Å². The standard InChI is InChI=1S/C9H10ClN3O4/c1-17-8(14)2-3-11-9-7(13(15)16)4-6(10)5-12-9/h4-5H,2-3H2,1H3,(H,11,12). The molecule has 17 heavy (non-hydrogen) atoms. The summed E-state index contributed by atoms with van der Waals surface area (Å²) >= 11 is 5.60. The molecule has 0 bridgehead atoms. The van der Waals surface area contributed by atoms with Crippen molar-refractivity contribution >= 4 is 29.1 Å². The highest BCUT2D eigenvalue weighted by Gasteiger charge is 2.15. The zero-order valence-electron chi connectivity index (χ0n) is 8.97. The Labute approximate surface area is 102 Å². The molecule has 0 amide bonds. The Kier molecular flexibility index (Phi) is 4.65. The van der Waals surface area contributed by atoms with Crippen LogP contribution in [0.2, 0.25) is 5.02 Å². The second-order valence-electron chi connectivity index (χ2n) is 3.03. The third kappa shape index (κ3) is 3.87. The molecule has 1 rings (SSSR count). The van der Waals surface area contributed by atoms with Crippen molar-refractivity contribution in [3.8, 4) is 0 Å².